The molecule has 0 aliphatic heterocycles. The first-order valence-electron chi connectivity index (χ1n) is 11.6. The lowest BCUT2D eigenvalue weighted by atomic mass is 10.0. The van der Waals surface area contributed by atoms with E-state index in [9.17, 15) is 0 Å². The standard InChI is InChI=1S/C29H31N3/c1-4-5-6-7-8-23-13-19-26(20-14-23)29-31-27(24-15-9-21(2)10-16-24)30-28(32-29)25-17-11-22(3)12-18-25/h9-20H,4-8H2,1-3H3. The third kappa shape index (κ3) is 5.47. The van der Waals surface area contributed by atoms with E-state index in [1.807, 2.05) is 0 Å². The molecule has 0 N–H and O–H groups in total. The van der Waals surface area contributed by atoms with Crippen molar-refractivity contribution in [2.45, 2.75) is 52.9 Å². The summed E-state index contributed by atoms with van der Waals surface area (Å²) < 4.78 is 0. The number of nitrogens with zero attached hydrogens (tertiary/aromatic N) is 3. The van der Waals surface area contributed by atoms with Gasteiger partial charge in [-0.05, 0) is 32.3 Å². The van der Waals surface area contributed by atoms with E-state index in [0.29, 0.717) is 17.5 Å². The molecular weight excluding hydrogens is 390 g/mol. The van der Waals surface area contributed by atoms with Crippen LogP contribution in [0.1, 0.15) is 49.3 Å². The highest BCUT2D eigenvalue weighted by Gasteiger charge is 2.12. The second kappa shape index (κ2) is 10.3. The van der Waals surface area contributed by atoms with Crippen LogP contribution in [0.25, 0.3) is 34.2 Å². The van der Waals surface area contributed by atoms with Crippen molar-refractivity contribution in [3.8, 4) is 34.2 Å². The highest BCUT2D eigenvalue weighted by atomic mass is 15.0. The van der Waals surface area contributed by atoms with Crippen LogP contribution in [-0.4, -0.2) is 15.0 Å². The zero-order valence-corrected chi connectivity index (χ0v) is 19.3. The number of benzene rings is 3. The summed E-state index contributed by atoms with van der Waals surface area (Å²) in [6.45, 7) is 6.42. The Kier molecular flexibility index (Phi) is 7.06. The summed E-state index contributed by atoms with van der Waals surface area (Å²) in [5.74, 6) is 2.12. The summed E-state index contributed by atoms with van der Waals surface area (Å²) in [4.78, 5) is 14.5. The lowest BCUT2D eigenvalue weighted by molar-refractivity contribution is 0.667. The van der Waals surface area contributed by atoms with E-state index < -0.39 is 0 Å². The van der Waals surface area contributed by atoms with Gasteiger partial charge in [-0.3, -0.25) is 0 Å². The molecule has 3 aromatic carbocycles. The Morgan fingerprint density at radius 3 is 1.31 bits per heavy atom. The van der Waals surface area contributed by atoms with E-state index in [1.165, 1.54) is 42.4 Å². The lowest BCUT2D eigenvalue weighted by Crippen LogP contribution is -2.00. The minimum Gasteiger partial charge on any atom is -0.208 e. The van der Waals surface area contributed by atoms with Crippen LogP contribution in [0.3, 0.4) is 0 Å². The Bertz CT molecular complexity index is 1080. The van der Waals surface area contributed by atoms with E-state index in [0.717, 1.165) is 23.1 Å². The molecule has 0 saturated heterocycles. The molecule has 4 rings (SSSR count). The van der Waals surface area contributed by atoms with E-state index in [4.69, 9.17) is 15.0 Å². The summed E-state index contributed by atoms with van der Waals surface area (Å²) in [6.07, 6.45) is 6.25. The number of hydrogen-bond donors (Lipinski definition) is 0. The first kappa shape index (κ1) is 21.9. The second-order valence-corrected chi connectivity index (χ2v) is 8.55. The lowest BCUT2D eigenvalue weighted by Gasteiger charge is -2.09. The van der Waals surface area contributed by atoms with Gasteiger partial charge in [-0.1, -0.05) is 110 Å². The minimum atomic E-state index is 0.703. The fraction of sp³-hybridized carbons (Fsp3) is 0.276. The van der Waals surface area contributed by atoms with Crippen LogP contribution < -0.4 is 0 Å². The maximum absolute atomic E-state index is 4.84. The van der Waals surface area contributed by atoms with Gasteiger partial charge < -0.3 is 0 Å². The third-order valence-corrected chi connectivity index (χ3v) is 5.79. The van der Waals surface area contributed by atoms with Crippen LogP contribution >= 0.6 is 0 Å². The molecular formula is C29H31N3. The van der Waals surface area contributed by atoms with E-state index in [1.54, 1.807) is 0 Å². The van der Waals surface area contributed by atoms with Crippen molar-refractivity contribution >= 4 is 0 Å². The van der Waals surface area contributed by atoms with Crippen molar-refractivity contribution in [2.75, 3.05) is 0 Å². The smallest absolute Gasteiger partial charge is 0.164 e. The number of unbranched alkanes of at least 4 members (excludes halogenated alkanes) is 3. The van der Waals surface area contributed by atoms with Crippen LogP contribution in [0.15, 0.2) is 72.8 Å². The molecule has 0 atom stereocenters. The van der Waals surface area contributed by atoms with Crippen LogP contribution in [-0.2, 0) is 6.42 Å². The monoisotopic (exact) mass is 421 g/mol. The normalized spacial score (nSPS) is 11.0. The van der Waals surface area contributed by atoms with Gasteiger partial charge in [-0.15, -0.1) is 0 Å². The van der Waals surface area contributed by atoms with Crippen LogP contribution in [0, 0.1) is 13.8 Å². The van der Waals surface area contributed by atoms with Crippen molar-refractivity contribution in [3.63, 3.8) is 0 Å². The summed E-state index contributed by atoms with van der Waals surface area (Å²) >= 11 is 0. The first-order chi connectivity index (χ1) is 15.6. The molecule has 32 heavy (non-hydrogen) atoms. The summed E-state index contributed by atoms with van der Waals surface area (Å²) in [5.41, 5.74) is 6.83. The molecule has 0 radical (unpaired) electrons. The van der Waals surface area contributed by atoms with Crippen LogP contribution in [0.4, 0.5) is 0 Å². The van der Waals surface area contributed by atoms with E-state index in [-0.39, 0.29) is 0 Å². The van der Waals surface area contributed by atoms with Gasteiger partial charge in [0, 0.05) is 16.7 Å². The summed E-state index contributed by atoms with van der Waals surface area (Å²) in [7, 11) is 0. The quantitative estimate of drug-likeness (QED) is 0.275. The molecule has 0 aliphatic rings. The van der Waals surface area contributed by atoms with Crippen molar-refractivity contribution < 1.29 is 0 Å². The van der Waals surface area contributed by atoms with Gasteiger partial charge >= 0.3 is 0 Å². The number of rotatable bonds is 8. The van der Waals surface area contributed by atoms with Gasteiger partial charge in [0.2, 0.25) is 0 Å². The SMILES string of the molecule is CCCCCCc1ccc(-c2nc(-c3ccc(C)cc3)nc(-c3ccc(C)cc3)n2)cc1. The topological polar surface area (TPSA) is 38.7 Å². The maximum Gasteiger partial charge on any atom is 0.164 e. The van der Waals surface area contributed by atoms with E-state index >= 15 is 0 Å². The Morgan fingerprint density at radius 1 is 0.500 bits per heavy atom. The molecule has 0 amide bonds. The van der Waals surface area contributed by atoms with Crippen molar-refractivity contribution in [3.05, 3.63) is 89.5 Å². The van der Waals surface area contributed by atoms with Crippen LogP contribution in [0.2, 0.25) is 0 Å². The fourth-order valence-electron chi connectivity index (χ4n) is 3.74. The fourth-order valence-corrected chi connectivity index (χ4v) is 3.74. The first-order valence-corrected chi connectivity index (χ1v) is 11.6. The average Bonchev–Trinajstić information content (AvgIpc) is 2.83. The molecule has 0 bridgehead atoms. The molecule has 0 spiro atoms. The predicted octanol–water partition coefficient (Wildman–Crippen LogP) is 7.61. The van der Waals surface area contributed by atoms with Crippen LogP contribution in [0.5, 0.6) is 0 Å². The summed E-state index contributed by atoms with van der Waals surface area (Å²) in [5, 5.41) is 0. The largest absolute Gasteiger partial charge is 0.208 e. The zero-order valence-electron chi connectivity index (χ0n) is 19.3. The third-order valence-electron chi connectivity index (χ3n) is 5.79. The number of aromatic nitrogens is 3. The number of hydrogen-bond acceptors (Lipinski definition) is 3. The highest BCUT2D eigenvalue weighted by Crippen LogP contribution is 2.25. The van der Waals surface area contributed by atoms with E-state index in [2.05, 4.69) is 93.6 Å². The van der Waals surface area contributed by atoms with Gasteiger partial charge in [0.15, 0.2) is 17.5 Å². The Morgan fingerprint density at radius 2 is 0.906 bits per heavy atom. The predicted molar refractivity (Wildman–Crippen MR) is 133 cm³/mol. The van der Waals surface area contributed by atoms with Gasteiger partial charge in [0.1, 0.15) is 0 Å². The van der Waals surface area contributed by atoms with Gasteiger partial charge in [0.05, 0.1) is 0 Å². The van der Waals surface area contributed by atoms with Crippen molar-refractivity contribution in [1.82, 2.24) is 15.0 Å². The van der Waals surface area contributed by atoms with Crippen molar-refractivity contribution in [2.24, 2.45) is 0 Å². The van der Waals surface area contributed by atoms with Gasteiger partial charge in [-0.25, -0.2) is 15.0 Å². The van der Waals surface area contributed by atoms with Gasteiger partial charge in [0.25, 0.3) is 0 Å². The molecule has 3 heteroatoms. The Hall–Kier alpha value is -3.33. The molecule has 0 saturated carbocycles. The number of aryl methyl sites for hydroxylation is 3. The Labute approximate surface area is 191 Å². The Balaban J connectivity index is 1.69. The molecule has 0 aliphatic carbocycles. The average molecular weight is 422 g/mol. The highest BCUT2D eigenvalue weighted by molar-refractivity contribution is 5.66. The molecule has 3 nitrogen and oxygen atoms in total. The maximum atomic E-state index is 4.84. The summed E-state index contributed by atoms with van der Waals surface area (Å²) in [6, 6.07) is 25.4. The second-order valence-electron chi connectivity index (χ2n) is 8.55. The molecule has 0 fully saturated rings. The molecule has 1 aromatic heterocycles. The molecule has 1 heterocycles. The minimum absolute atomic E-state index is 0.703. The molecule has 0 unspecified atom stereocenters. The van der Waals surface area contributed by atoms with Gasteiger partial charge in [-0.2, -0.15) is 0 Å². The van der Waals surface area contributed by atoms with Crippen molar-refractivity contribution in [1.29, 1.82) is 0 Å². The molecule has 162 valence electrons. The molecule has 4 aromatic rings. The zero-order chi connectivity index (χ0) is 22.3.